The predicted molar refractivity (Wildman–Crippen MR) is 72.2 cm³/mol. The Balaban J connectivity index is 1.95. The molecule has 1 heterocycles. The minimum atomic E-state index is -0.827. The first-order chi connectivity index (χ1) is 8.56. The fraction of sp³-hybridized carbons (Fsp3) is 0.462. The van der Waals surface area contributed by atoms with Gasteiger partial charge in [0.2, 0.25) is 0 Å². The number of piperidine rings is 1. The summed E-state index contributed by atoms with van der Waals surface area (Å²) < 4.78 is 0. The van der Waals surface area contributed by atoms with Gasteiger partial charge in [-0.05, 0) is 36.6 Å². The lowest BCUT2D eigenvalue weighted by Gasteiger charge is -2.36. The van der Waals surface area contributed by atoms with Gasteiger partial charge in [-0.15, -0.1) is 0 Å². The number of hydrogen-bond donors (Lipinski definition) is 2. The quantitative estimate of drug-likeness (QED) is 0.866. The van der Waals surface area contributed by atoms with Crippen molar-refractivity contribution in [2.45, 2.75) is 19.4 Å². The summed E-state index contributed by atoms with van der Waals surface area (Å²) in [5.41, 5.74) is 1.03. The Morgan fingerprint density at radius 2 is 2.11 bits per heavy atom. The average Bonchev–Trinajstić information content (AvgIpc) is 2.34. The van der Waals surface area contributed by atoms with Gasteiger partial charge in [-0.1, -0.05) is 18.5 Å². The van der Waals surface area contributed by atoms with E-state index in [9.17, 15) is 4.79 Å². The Morgan fingerprint density at radius 3 is 2.67 bits per heavy atom. The molecule has 2 rings (SSSR count). The average molecular weight is 269 g/mol. The number of nitrogens with one attached hydrogen (secondary N) is 1. The molecule has 1 aliphatic heterocycles. The lowest BCUT2D eigenvalue weighted by Crippen LogP contribution is -2.47. The van der Waals surface area contributed by atoms with Crippen LogP contribution in [-0.4, -0.2) is 35.2 Å². The number of halogens is 1. The Morgan fingerprint density at radius 1 is 1.44 bits per heavy atom. The summed E-state index contributed by atoms with van der Waals surface area (Å²) >= 11 is 5.84. The highest BCUT2D eigenvalue weighted by atomic mass is 35.5. The lowest BCUT2D eigenvalue weighted by molar-refractivity contribution is 0.119. The maximum atomic E-state index is 10.9. The zero-order valence-corrected chi connectivity index (χ0v) is 11.0. The van der Waals surface area contributed by atoms with E-state index in [2.05, 4.69) is 12.2 Å². The molecule has 1 aromatic rings. The van der Waals surface area contributed by atoms with Gasteiger partial charge in [0.25, 0.3) is 0 Å². The second-order valence-corrected chi connectivity index (χ2v) is 5.19. The number of nitrogens with zero attached hydrogens (tertiary/aromatic N) is 1. The van der Waals surface area contributed by atoms with Crippen molar-refractivity contribution >= 4 is 23.4 Å². The summed E-state index contributed by atoms with van der Waals surface area (Å²) in [5.74, 6) is 0.297. The molecule has 1 fully saturated rings. The molecule has 0 bridgehead atoms. The molecule has 0 unspecified atom stereocenters. The maximum Gasteiger partial charge on any atom is 0.407 e. The van der Waals surface area contributed by atoms with Gasteiger partial charge in [0.1, 0.15) is 0 Å². The van der Waals surface area contributed by atoms with Crippen LogP contribution in [0.3, 0.4) is 0 Å². The van der Waals surface area contributed by atoms with E-state index in [1.54, 1.807) is 0 Å². The number of benzene rings is 1. The number of amides is 1. The van der Waals surface area contributed by atoms with Gasteiger partial charge in [0, 0.05) is 29.8 Å². The molecule has 2 N–H and O–H groups in total. The maximum absolute atomic E-state index is 10.9. The molecule has 5 heteroatoms. The number of carbonyl (C=O) groups is 1. The van der Waals surface area contributed by atoms with Crippen LogP contribution in [0.4, 0.5) is 10.5 Å². The molecule has 0 saturated carbocycles. The summed E-state index contributed by atoms with van der Waals surface area (Å²) in [6.07, 6.45) is 0.00241. The molecule has 4 nitrogen and oxygen atoms in total. The third-order valence-corrected chi connectivity index (χ3v) is 3.62. The first-order valence-corrected chi connectivity index (χ1v) is 6.44. The lowest BCUT2D eigenvalue weighted by atomic mass is 9.94. The van der Waals surface area contributed by atoms with Gasteiger partial charge >= 0.3 is 6.09 Å². The van der Waals surface area contributed by atoms with Crippen molar-refractivity contribution in [2.75, 3.05) is 18.4 Å². The zero-order valence-electron chi connectivity index (χ0n) is 10.3. The number of carboxylic acid groups (broad SMARTS) is 1. The van der Waals surface area contributed by atoms with E-state index in [1.807, 2.05) is 24.3 Å². The Labute approximate surface area is 112 Å². The first kappa shape index (κ1) is 13.0. The van der Waals surface area contributed by atoms with Crippen molar-refractivity contribution in [3.05, 3.63) is 29.3 Å². The Bertz CT molecular complexity index is 422. The molecule has 1 aliphatic rings. The topological polar surface area (TPSA) is 52.6 Å². The summed E-state index contributed by atoms with van der Waals surface area (Å²) in [7, 11) is 0. The smallest absolute Gasteiger partial charge is 0.407 e. The third-order valence-electron chi connectivity index (χ3n) is 3.37. The van der Waals surface area contributed by atoms with Crippen LogP contribution >= 0.6 is 11.6 Å². The summed E-state index contributed by atoms with van der Waals surface area (Å²) in [4.78, 5) is 12.4. The van der Waals surface area contributed by atoms with Crippen LogP contribution in [0.5, 0.6) is 0 Å². The summed E-state index contributed by atoms with van der Waals surface area (Å²) in [5, 5.41) is 13.1. The highest BCUT2D eigenvalue weighted by molar-refractivity contribution is 6.30. The number of anilines is 1. The van der Waals surface area contributed by atoms with Crippen molar-refractivity contribution in [3.8, 4) is 0 Å². The van der Waals surface area contributed by atoms with Gasteiger partial charge < -0.3 is 15.3 Å². The highest BCUT2D eigenvalue weighted by Crippen LogP contribution is 2.22. The normalized spacial score (nSPS) is 23.8. The summed E-state index contributed by atoms with van der Waals surface area (Å²) in [6.45, 7) is 3.24. The zero-order chi connectivity index (χ0) is 13.1. The van der Waals surface area contributed by atoms with Crippen molar-refractivity contribution in [1.29, 1.82) is 0 Å². The van der Waals surface area contributed by atoms with Crippen LogP contribution in [0.15, 0.2) is 24.3 Å². The second-order valence-electron chi connectivity index (χ2n) is 4.75. The van der Waals surface area contributed by atoms with Crippen LogP contribution in [-0.2, 0) is 0 Å². The Hall–Kier alpha value is -1.42. The van der Waals surface area contributed by atoms with Crippen LogP contribution in [0.25, 0.3) is 0 Å². The van der Waals surface area contributed by atoms with Crippen molar-refractivity contribution < 1.29 is 9.90 Å². The van der Waals surface area contributed by atoms with Gasteiger partial charge in [0.15, 0.2) is 0 Å². The molecule has 2 atom stereocenters. The molecule has 1 saturated heterocycles. The SMILES string of the molecule is C[C@@H]1CN(C(=O)O)CC[C@H]1Nc1ccc(Cl)cc1. The van der Waals surface area contributed by atoms with Crippen molar-refractivity contribution in [2.24, 2.45) is 5.92 Å². The van der Waals surface area contributed by atoms with E-state index in [-0.39, 0.29) is 0 Å². The number of rotatable bonds is 2. The standard InChI is InChI=1S/C13H17ClN2O2/c1-9-8-16(13(17)18)7-6-12(9)15-11-4-2-10(14)3-5-11/h2-5,9,12,15H,6-8H2,1H3,(H,17,18)/t9-,12-/m1/s1. The fourth-order valence-electron chi connectivity index (χ4n) is 2.29. The van der Waals surface area contributed by atoms with E-state index in [0.717, 1.165) is 12.1 Å². The van der Waals surface area contributed by atoms with Gasteiger partial charge in [-0.2, -0.15) is 0 Å². The van der Waals surface area contributed by atoms with Crippen LogP contribution in [0.2, 0.25) is 5.02 Å². The van der Waals surface area contributed by atoms with Gasteiger partial charge in [-0.3, -0.25) is 0 Å². The van der Waals surface area contributed by atoms with E-state index in [1.165, 1.54) is 4.90 Å². The van der Waals surface area contributed by atoms with Crippen molar-refractivity contribution in [3.63, 3.8) is 0 Å². The molecule has 0 aromatic heterocycles. The molecule has 0 spiro atoms. The largest absolute Gasteiger partial charge is 0.465 e. The molecule has 0 aliphatic carbocycles. The number of hydrogen-bond acceptors (Lipinski definition) is 2. The highest BCUT2D eigenvalue weighted by Gasteiger charge is 2.28. The molecule has 18 heavy (non-hydrogen) atoms. The molecule has 0 radical (unpaired) electrons. The van der Waals surface area contributed by atoms with Crippen LogP contribution in [0.1, 0.15) is 13.3 Å². The molecule has 98 valence electrons. The van der Waals surface area contributed by atoms with E-state index < -0.39 is 6.09 Å². The minimum absolute atomic E-state index is 0.297. The van der Waals surface area contributed by atoms with Gasteiger partial charge in [-0.25, -0.2) is 4.79 Å². The molecular formula is C13H17ClN2O2. The van der Waals surface area contributed by atoms with Crippen LogP contribution < -0.4 is 5.32 Å². The van der Waals surface area contributed by atoms with Gasteiger partial charge in [0.05, 0.1) is 0 Å². The minimum Gasteiger partial charge on any atom is -0.465 e. The summed E-state index contributed by atoms with van der Waals surface area (Å²) in [6, 6.07) is 7.89. The van der Waals surface area contributed by atoms with Crippen molar-refractivity contribution in [1.82, 2.24) is 4.90 Å². The fourth-order valence-corrected chi connectivity index (χ4v) is 2.42. The predicted octanol–water partition coefficient (Wildman–Crippen LogP) is 3.14. The van der Waals surface area contributed by atoms with E-state index in [4.69, 9.17) is 16.7 Å². The molecule has 1 amide bonds. The van der Waals surface area contributed by atoms with E-state index >= 15 is 0 Å². The van der Waals surface area contributed by atoms with E-state index in [0.29, 0.717) is 30.1 Å². The number of likely N-dealkylation sites (tertiary alicyclic amines) is 1. The van der Waals surface area contributed by atoms with Crippen LogP contribution in [0, 0.1) is 5.92 Å². The monoisotopic (exact) mass is 268 g/mol. The molecular weight excluding hydrogens is 252 g/mol. The molecule has 1 aromatic carbocycles. The second kappa shape index (κ2) is 5.48. The third kappa shape index (κ3) is 3.07. The first-order valence-electron chi connectivity index (χ1n) is 6.06. The Kier molecular flexibility index (Phi) is 3.97.